The molecular weight excluding hydrogens is 275 g/mol. The third-order valence-electron chi connectivity index (χ3n) is 3.23. The SMILES string of the molecule is Cc1cc(F)cc2c1N(CC(=O)NCC(C)C)C(=O)C2=O. The molecule has 1 aromatic carbocycles. The summed E-state index contributed by atoms with van der Waals surface area (Å²) >= 11 is 0. The highest BCUT2D eigenvalue weighted by Gasteiger charge is 2.38. The molecule has 2 amide bonds. The van der Waals surface area contributed by atoms with Crippen LogP contribution < -0.4 is 10.2 Å². The molecule has 0 spiro atoms. The molecule has 112 valence electrons. The molecule has 0 radical (unpaired) electrons. The number of amides is 2. The zero-order valence-electron chi connectivity index (χ0n) is 12.2. The van der Waals surface area contributed by atoms with Crippen LogP contribution in [0.2, 0.25) is 0 Å². The van der Waals surface area contributed by atoms with E-state index in [-0.39, 0.29) is 23.9 Å². The van der Waals surface area contributed by atoms with Crippen molar-refractivity contribution in [2.75, 3.05) is 18.0 Å². The van der Waals surface area contributed by atoms with E-state index in [1.54, 1.807) is 6.92 Å². The molecule has 1 N–H and O–H groups in total. The van der Waals surface area contributed by atoms with Crippen molar-refractivity contribution >= 4 is 23.3 Å². The maximum absolute atomic E-state index is 13.4. The van der Waals surface area contributed by atoms with Gasteiger partial charge in [0.25, 0.3) is 11.7 Å². The maximum Gasteiger partial charge on any atom is 0.299 e. The van der Waals surface area contributed by atoms with Crippen LogP contribution in [-0.2, 0) is 9.59 Å². The van der Waals surface area contributed by atoms with Gasteiger partial charge >= 0.3 is 0 Å². The fraction of sp³-hybridized carbons (Fsp3) is 0.400. The molecule has 0 aliphatic carbocycles. The number of hydrogen-bond acceptors (Lipinski definition) is 3. The number of carbonyl (C=O) groups is 3. The molecular formula is C15H17FN2O3. The second-order valence-corrected chi connectivity index (χ2v) is 5.54. The third kappa shape index (κ3) is 2.94. The minimum absolute atomic E-state index is 0.0224. The van der Waals surface area contributed by atoms with Gasteiger partial charge in [0.05, 0.1) is 11.3 Å². The number of benzene rings is 1. The number of halogens is 1. The molecule has 21 heavy (non-hydrogen) atoms. The number of nitrogens with one attached hydrogen (secondary N) is 1. The molecule has 0 saturated heterocycles. The van der Waals surface area contributed by atoms with Crippen LogP contribution in [0, 0.1) is 18.7 Å². The number of aryl methyl sites for hydroxylation is 1. The Morgan fingerprint density at radius 2 is 2.00 bits per heavy atom. The van der Waals surface area contributed by atoms with Gasteiger partial charge in [-0.25, -0.2) is 4.39 Å². The van der Waals surface area contributed by atoms with Crippen LogP contribution in [0.3, 0.4) is 0 Å². The zero-order valence-corrected chi connectivity index (χ0v) is 12.2. The lowest BCUT2D eigenvalue weighted by atomic mass is 10.1. The first-order chi connectivity index (χ1) is 9.81. The van der Waals surface area contributed by atoms with Crippen LogP contribution >= 0.6 is 0 Å². The van der Waals surface area contributed by atoms with E-state index < -0.39 is 17.5 Å². The molecule has 1 aromatic rings. The molecule has 1 aliphatic rings. The summed E-state index contributed by atoms with van der Waals surface area (Å²) in [6.07, 6.45) is 0. The minimum atomic E-state index is -0.793. The first kappa shape index (κ1) is 15.2. The highest BCUT2D eigenvalue weighted by Crippen LogP contribution is 2.32. The third-order valence-corrected chi connectivity index (χ3v) is 3.23. The van der Waals surface area contributed by atoms with Gasteiger partial charge < -0.3 is 5.32 Å². The van der Waals surface area contributed by atoms with E-state index in [9.17, 15) is 18.8 Å². The van der Waals surface area contributed by atoms with Crippen molar-refractivity contribution < 1.29 is 18.8 Å². The van der Waals surface area contributed by atoms with Crippen molar-refractivity contribution in [2.45, 2.75) is 20.8 Å². The van der Waals surface area contributed by atoms with Gasteiger partial charge in [-0.05, 0) is 30.5 Å². The van der Waals surface area contributed by atoms with Crippen LogP contribution in [0.25, 0.3) is 0 Å². The normalized spacial score (nSPS) is 13.9. The molecule has 1 heterocycles. The Morgan fingerprint density at radius 1 is 1.33 bits per heavy atom. The number of rotatable bonds is 4. The van der Waals surface area contributed by atoms with Crippen molar-refractivity contribution in [2.24, 2.45) is 5.92 Å². The number of nitrogens with zero attached hydrogens (tertiary/aromatic N) is 1. The number of hydrogen-bond donors (Lipinski definition) is 1. The van der Waals surface area contributed by atoms with Gasteiger partial charge in [-0.15, -0.1) is 0 Å². The number of Topliss-reactive ketones (excluding diaryl/α,β-unsaturated/α-hetero) is 1. The molecule has 0 unspecified atom stereocenters. The molecule has 0 saturated carbocycles. The van der Waals surface area contributed by atoms with E-state index in [0.717, 1.165) is 11.0 Å². The lowest BCUT2D eigenvalue weighted by Gasteiger charge is -2.18. The summed E-state index contributed by atoms with van der Waals surface area (Å²) < 4.78 is 13.4. The second kappa shape index (κ2) is 5.63. The van der Waals surface area contributed by atoms with Crippen molar-refractivity contribution in [1.82, 2.24) is 5.32 Å². The first-order valence-electron chi connectivity index (χ1n) is 6.74. The molecule has 5 nitrogen and oxygen atoms in total. The molecule has 0 fully saturated rings. The van der Waals surface area contributed by atoms with E-state index in [0.29, 0.717) is 17.8 Å². The second-order valence-electron chi connectivity index (χ2n) is 5.54. The smallest absolute Gasteiger partial charge is 0.299 e. The van der Waals surface area contributed by atoms with E-state index >= 15 is 0 Å². The fourth-order valence-electron chi connectivity index (χ4n) is 2.27. The number of anilines is 1. The number of fused-ring (bicyclic) bond motifs is 1. The van der Waals surface area contributed by atoms with Crippen molar-refractivity contribution in [3.8, 4) is 0 Å². The Kier molecular flexibility index (Phi) is 4.06. The topological polar surface area (TPSA) is 66.5 Å². The summed E-state index contributed by atoms with van der Waals surface area (Å²) in [5.74, 6) is -2.20. The van der Waals surface area contributed by atoms with Gasteiger partial charge in [-0.1, -0.05) is 13.8 Å². The summed E-state index contributed by atoms with van der Waals surface area (Å²) in [6.45, 7) is 5.76. The van der Waals surface area contributed by atoms with Gasteiger partial charge in [0.2, 0.25) is 5.91 Å². The average Bonchev–Trinajstić information content (AvgIpc) is 2.62. The summed E-state index contributed by atoms with van der Waals surface area (Å²) in [4.78, 5) is 36.8. The quantitative estimate of drug-likeness (QED) is 0.854. The van der Waals surface area contributed by atoms with Gasteiger partial charge in [-0.3, -0.25) is 19.3 Å². The van der Waals surface area contributed by atoms with Crippen LogP contribution in [0.1, 0.15) is 29.8 Å². The standard InChI is InChI=1S/C15H17FN2O3/c1-8(2)6-17-12(19)7-18-13-9(3)4-10(16)5-11(13)14(20)15(18)21/h4-5,8H,6-7H2,1-3H3,(H,17,19). The minimum Gasteiger partial charge on any atom is -0.354 e. The van der Waals surface area contributed by atoms with E-state index in [4.69, 9.17) is 0 Å². The molecule has 2 rings (SSSR count). The molecule has 6 heteroatoms. The number of ketones is 1. The predicted molar refractivity (Wildman–Crippen MR) is 75.7 cm³/mol. The maximum atomic E-state index is 13.4. The van der Waals surface area contributed by atoms with Crippen molar-refractivity contribution in [3.63, 3.8) is 0 Å². The summed E-state index contributed by atoms with van der Waals surface area (Å²) in [5, 5.41) is 2.69. The van der Waals surface area contributed by atoms with Crippen LogP contribution in [0.4, 0.5) is 10.1 Å². The highest BCUT2D eigenvalue weighted by molar-refractivity contribution is 6.52. The monoisotopic (exact) mass is 292 g/mol. The average molecular weight is 292 g/mol. The Labute approximate surface area is 122 Å². The lowest BCUT2D eigenvalue weighted by molar-refractivity contribution is -0.122. The van der Waals surface area contributed by atoms with Crippen LogP contribution in [0.15, 0.2) is 12.1 Å². The van der Waals surface area contributed by atoms with Crippen molar-refractivity contribution in [3.05, 3.63) is 29.1 Å². The summed E-state index contributed by atoms with van der Waals surface area (Å²) in [6, 6.07) is 2.28. The Morgan fingerprint density at radius 3 is 2.62 bits per heavy atom. The van der Waals surface area contributed by atoms with Gasteiger partial charge in [0.15, 0.2) is 0 Å². The highest BCUT2D eigenvalue weighted by atomic mass is 19.1. The Bertz CT molecular complexity index is 626. The van der Waals surface area contributed by atoms with E-state index in [2.05, 4.69) is 5.32 Å². The van der Waals surface area contributed by atoms with Gasteiger partial charge in [0.1, 0.15) is 12.4 Å². The number of carbonyl (C=O) groups excluding carboxylic acids is 3. The van der Waals surface area contributed by atoms with Gasteiger partial charge in [0, 0.05) is 6.54 Å². The largest absolute Gasteiger partial charge is 0.354 e. The molecule has 0 atom stereocenters. The van der Waals surface area contributed by atoms with Crippen LogP contribution in [0.5, 0.6) is 0 Å². The molecule has 0 aromatic heterocycles. The van der Waals surface area contributed by atoms with Crippen molar-refractivity contribution in [1.29, 1.82) is 0 Å². The summed E-state index contributed by atoms with van der Waals surface area (Å²) in [7, 11) is 0. The zero-order chi connectivity index (χ0) is 15.7. The fourth-order valence-corrected chi connectivity index (χ4v) is 2.27. The Balaban J connectivity index is 2.25. The molecule has 1 aliphatic heterocycles. The lowest BCUT2D eigenvalue weighted by Crippen LogP contribution is -2.41. The van der Waals surface area contributed by atoms with Gasteiger partial charge in [-0.2, -0.15) is 0 Å². The molecule has 0 bridgehead atoms. The first-order valence-corrected chi connectivity index (χ1v) is 6.74. The van der Waals surface area contributed by atoms with E-state index in [1.165, 1.54) is 6.07 Å². The Hall–Kier alpha value is -2.24. The van der Waals surface area contributed by atoms with Crippen LogP contribution in [-0.4, -0.2) is 30.7 Å². The summed E-state index contributed by atoms with van der Waals surface area (Å²) in [5.41, 5.74) is 0.807. The predicted octanol–water partition coefficient (Wildman–Crippen LogP) is 1.44. The van der Waals surface area contributed by atoms with E-state index in [1.807, 2.05) is 13.8 Å².